The molecule has 0 radical (unpaired) electrons. The van der Waals surface area contributed by atoms with Crippen molar-refractivity contribution in [1.29, 1.82) is 0 Å². The molecular weight excluding hydrogens is 124 g/mol. The summed E-state index contributed by atoms with van der Waals surface area (Å²) in [6, 6.07) is 0. The third-order valence-electron chi connectivity index (χ3n) is 1.99. The molecule has 2 N–H and O–H groups in total. The number of nitrogens with one attached hydrogen (secondary N) is 2. The zero-order valence-corrected chi connectivity index (χ0v) is 6.99. The van der Waals surface area contributed by atoms with Gasteiger partial charge in [-0.1, -0.05) is 13.8 Å². The molecule has 0 aromatic rings. The van der Waals surface area contributed by atoms with Crippen molar-refractivity contribution in [1.82, 2.24) is 10.6 Å². The van der Waals surface area contributed by atoms with Crippen LogP contribution in [0.1, 0.15) is 20.8 Å². The van der Waals surface area contributed by atoms with Crippen LogP contribution in [0.3, 0.4) is 0 Å². The fraction of sp³-hybridized carbons (Fsp3) is 0.750. The number of hydrogen-bond acceptors (Lipinski definition) is 2. The van der Waals surface area contributed by atoms with E-state index < -0.39 is 0 Å². The Labute approximate surface area is 62.7 Å². The van der Waals surface area contributed by atoms with Crippen molar-refractivity contribution in [2.75, 3.05) is 13.1 Å². The van der Waals surface area contributed by atoms with Crippen molar-refractivity contribution in [2.24, 2.45) is 5.92 Å². The second-order valence-electron chi connectivity index (χ2n) is 3.07. The summed E-state index contributed by atoms with van der Waals surface area (Å²) < 4.78 is 0. The van der Waals surface area contributed by atoms with E-state index >= 15 is 0 Å². The summed E-state index contributed by atoms with van der Waals surface area (Å²) in [6.07, 6.45) is 0. The second kappa shape index (κ2) is 2.95. The van der Waals surface area contributed by atoms with Crippen LogP contribution in [-0.2, 0) is 0 Å². The van der Waals surface area contributed by atoms with Gasteiger partial charge in [0.15, 0.2) is 0 Å². The van der Waals surface area contributed by atoms with Crippen LogP contribution in [0.2, 0.25) is 0 Å². The molecule has 0 spiro atoms. The van der Waals surface area contributed by atoms with Crippen molar-refractivity contribution in [3.8, 4) is 0 Å². The van der Waals surface area contributed by atoms with E-state index in [2.05, 4.69) is 31.4 Å². The summed E-state index contributed by atoms with van der Waals surface area (Å²) in [5.74, 6) is 1.89. The maximum absolute atomic E-state index is 3.31. The van der Waals surface area contributed by atoms with Crippen LogP contribution in [0.15, 0.2) is 11.4 Å². The van der Waals surface area contributed by atoms with Crippen molar-refractivity contribution >= 4 is 0 Å². The molecule has 0 aromatic heterocycles. The highest BCUT2D eigenvalue weighted by Gasteiger charge is 2.08. The monoisotopic (exact) mass is 140 g/mol. The van der Waals surface area contributed by atoms with Crippen molar-refractivity contribution in [3.63, 3.8) is 0 Å². The van der Waals surface area contributed by atoms with E-state index in [1.165, 1.54) is 11.4 Å². The molecule has 0 amide bonds. The van der Waals surface area contributed by atoms with E-state index in [9.17, 15) is 0 Å². The first-order chi connectivity index (χ1) is 4.72. The molecule has 2 heteroatoms. The Morgan fingerprint density at radius 3 is 2.20 bits per heavy atom. The topological polar surface area (TPSA) is 24.1 Å². The van der Waals surface area contributed by atoms with Gasteiger partial charge in [0.25, 0.3) is 0 Å². The molecule has 0 aliphatic carbocycles. The fourth-order valence-corrected chi connectivity index (χ4v) is 1.01. The maximum Gasteiger partial charge on any atom is 0.0979 e. The Morgan fingerprint density at radius 2 is 1.80 bits per heavy atom. The Hall–Kier alpha value is -0.660. The second-order valence-corrected chi connectivity index (χ2v) is 3.07. The average Bonchev–Trinajstić information content (AvgIpc) is 2.36. The normalized spacial score (nSPS) is 17.0. The molecule has 1 rings (SSSR count). The fourth-order valence-electron chi connectivity index (χ4n) is 1.01. The predicted molar refractivity (Wildman–Crippen MR) is 43.5 cm³/mol. The molecule has 0 saturated carbocycles. The Balaban J connectivity index is 2.63. The predicted octanol–water partition coefficient (Wildman–Crippen LogP) is 1.07. The van der Waals surface area contributed by atoms with Gasteiger partial charge in [-0.2, -0.15) is 0 Å². The highest BCUT2D eigenvalue weighted by Crippen LogP contribution is 2.11. The molecule has 10 heavy (non-hydrogen) atoms. The number of hydrogen-bond donors (Lipinski definition) is 2. The minimum absolute atomic E-state index is 0.646. The first kappa shape index (κ1) is 7.45. The van der Waals surface area contributed by atoms with Gasteiger partial charge in [-0.25, -0.2) is 0 Å². The lowest BCUT2D eigenvalue weighted by Crippen LogP contribution is -2.14. The molecule has 1 aliphatic heterocycles. The van der Waals surface area contributed by atoms with Crippen LogP contribution in [0, 0.1) is 5.92 Å². The summed E-state index contributed by atoms with van der Waals surface area (Å²) in [7, 11) is 0. The third kappa shape index (κ3) is 1.43. The van der Waals surface area contributed by atoms with Gasteiger partial charge in [-0.05, 0) is 18.4 Å². The van der Waals surface area contributed by atoms with E-state index in [-0.39, 0.29) is 0 Å². The summed E-state index contributed by atoms with van der Waals surface area (Å²) in [4.78, 5) is 0. The maximum atomic E-state index is 3.31. The molecule has 0 unspecified atom stereocenters. The number of rotatable bonds is 1. The zero-order chi connectivity index (χ0) is 7.56. The van der Waals surface area contributed by atoms with Crippen LogP contribution in [0.4, 0.5) is 0 Å². The van der Waals surface area contributed by atoms with Gasteiger partial charge in [0.05, 0.1) is 5.82 Å². The lowest BCUT2D eigenvalue weighted by atomic mass is 10.1. The molecular formula is C8H16N2. The highest BCUT2D eigenvalue weighted by molar-refractivity contribution is 5.13. The quantitative estimate of drug-likeness (QED) is 0.569. The average molecular weight is 140 g/mol. The lowest BCUT2D eigenvalue weighted by Gasteiger charge is -2.09. The minimum atomic E-state index is 0.646. The molecule has 1 aliphatic rings. The molecule has 58 valence electrons. The van der Waals surface area contributed by atoms with Gasteiger partial charge < -0.3 is 10.6 Å². The van der Waals surface area contributed by atoms with E-state index in [0.29, 0.717) is 5.92 Å². The minimum Gasteiger partial charge on any atom is -0.370 e. The Morgan fingerprint density at radius 1 is 1.30 bits per heavy atom. The molecule has 0 atom stereocenters. The van der Waals surface area contributed by atoms with Crippen LogP contribution in [0.25, 0.3) is 0 Å². The van der Waals surface area contributed by atoms with Gasteiger partial charge in [-0.15, -0.1) is 0 Å². The molecule has 1 saturated heterocycles. The van der Waals surface area contributed by atoms with Gasteiger partial charge in [0.2, 0.25) is 0 Å². The molecule has 1 heterocycles. The first-order valence-electron chi connectivity index (χ1n) is 3.90. The zero-order valence-electron chi connectivity index (χ0n) is 6.99. The highest BCUT2D eigenvalue weighted by atomic mass is 15.2. The van der Waals surface area contributed by atoms with Crippen molar-refractivity contribution in [3.05, 3.63) is 11.4 Å². The van der Waals surface area contributed by atoms with E-state index in [4.69, 9.17) is 0 Å². The standard InChI is InChI=1S/C8H16N2/c1-6(2)7(3)8-9-4-5-10-8/h6,9-10H,4-5H2,1-3H3. The van der Waals surface area contributed by atoms with E-state index in [0.717, 1.165) is 13.1 Å². The third-order valence-corrected chi connectivity index (χ3v) is 1.99. The number of allylic oxidation sites excluding steroid dienone is 1. The van der Waals surface area contributed by atoms with Gasteiger partial charge >= 0.3 is 0 Å². The van der Waals surface area contributed by atoms with Crippen LogP contribution in [-0.4, -0.2) is 13.1 Å². The first-order valence-corrected chi connectivity index (χ1v) is 3.90. The summed E-state index contributed by atoms with van der Waals surface area (Å²) in [6.45, 7) is 8.73. The largest absolute Gasteiger partial charge is 0.370 e. The molecule has 0 bridgehead atoms. The summed E-state index contributed by atoms with van der Waals surface area (Å²) in [5, 5.41) is 6.61. The van der Waals surface area contributed by atoms with Crippen LogP contribution < -0.4 is 10.6 Å². The van der Waals surface area contributed by atoms with Crippen molar-refractivity contribution in [2.45, 2.75) is 20.8 Å². The smallest absolute Gasteiger partial charge is 0.0979 e. The Bertz CT molecular complexity index is 139. The molecule has 2 nitrogen and oxygen atoms in total. The van der Waals surface area contributed by atoms with Crippen LogP contribution >= 0.6 is 0 Å². The van der Waals surface area contributed by atoms with Crippen LogP contribution in [0.5, 0.6) is 0 Å². The Kier molecular flexibility index (Phi) is 2.20. The summed E-state index contributed by atoms with van der Waals surface area (Å²) in [5.41, 5.74) is 1.43. The lowest BCUT2D eigenvalue weighted by molar-refractivity contribution is 0.727. The van der Waals surface area contributed by atoms with Crippen molar-refractivity contribution < 1.29 is 0 Å². The molecule has 0 aromatic carbocycles. The van der Waals surface area contributed by atoms with E-state index in [1.807, 2.05) is 0 Å². The van der Waals surface area contributed by atoms with Gasteiger partial charge in [0.1, 0.15) is 0 Å². The van der Waals surface area contributed by atoms with E-state index in [1.54, 1.807) is 0 Å². The summed E-state index contributed by atoms with van der Waals surface area (Å²) >= 11 is 0. The SMILES string of the molecule is CC(=C1NCCN1)C(C)C. The molecule has 1 fully saturated rings. The van der Waals surface area contributed by atoms with Gasteiger partial charge in [-0.3, -0.25) is 0 Å². The van der Waals surface area contributed by atoms with Gasteiger partial charge in [0, 0.05) is 13.1 Å².